The predicted octanol–water partition coefficient (Wildman–Crippen LogP) is 5.68. The number of carbonyl (C=O) groups excluding carboxylic acids is 1. The molecule has 174 valence electrons. The summed E-state index contributed by atoms with van der Waals surface area (Å²) in [5, 5.41) is 12.2. The summed E-state index contributed by atoms with van der Waals surface area (Å²) in [5.41, 5.74) is 1.77. The minimum atomic E-state index is -4.10. The van der Waals surface area contributed by atoms with Gasteiger partial charge in [0.05, 0.1) is 10.7 Å². The molecule has 0 saturated carbocycles. The SMILES string of the molecule is COc1cc(/C=C(\C#N)C(=O)Nc2ccc(Br)cc2)cc(I)c1OS(=O)(=O)c1ccc(C)cc1. The highest BCUT2D eigenvalue weighted by Gasteiger charge is 2.22. The summed E-state index contributed by atoms with van der Waals surface area (Å²) in [4.78, 5) is 12.6. The van der Waals surface area contributed by atoms with Crippen molar-refractivity contribution >= 4 is 66.3 Å². The first-order valence-electron chi connectivity index (χ1n) is 9.70. The quantitative estimate of drug-likeness (QED) is 0.152. The molecule has 1 amide bonds. The molecule has 0 aliphatic heterocycles. The normalized spacial score (nSPS) is 11.4. The molecule has 0 unspecified atom stereocenters. The Morgan fingerprint density at radius 3 is 2.35 bits per heavy atom. The zero-order chi connectivity index (χ0) is 24.9. The van der Waals surface area contributed by atoms with Crippen LogP contribution in [0.2, 0.25) is 0 Å². The van der Waals surface area contributed by atoms with Crippen LogP contribution >= 0.6 is 38.5 Å². The zero-order valence-corrected chi connectivity index (χ0v) is 22.6. The third-order valence-corrected chi connectivity index (χ3v) is 7.10. The van der Waals surface area contributed by atoms with Crippen molar-refractivity contribution in [2.75, 3.05) is 12.4 Å². The number of hydrogen-bond donors (Lipinski definition) is 1. The number of carbonyl (C=O) groups is 1. The van der Waals surface area contributed by atoms with Gasteiger partial charge in [0.2, 0.25) is 0 Å². The van der Waals surface area contributed by atoms with Crippen LogP contribution in [0.1, 0.15) is 11.1 Å². The fourth-order valence-corrected chi connectivity index (χ4v) is 4.92. The van der Waals surface area contributed by atoms with Gasteiger partial charge in [0.15, 0.2) is 11.5 Å². The Bertz CT molecular complexity index is 1400. The Hall–Kier alpha value is -2.88. The van der Waals surface area contributed by atoms with Crippen molar-refractivity contribution in [1.82, 2.24) is 0 Å². The number of ether oxygens (including phenoxy) is 1. The average Bonchev–Trinajstić information content (AvgIpc) is 2.80. The topological polar surface area (TPSA) is 105 Å². The second kappa shape index (κ2) is 11.0. The van der Waals surface area contributed by atoms with Crippen molar-refractivity contribution in [1.29, 1.82) is 5.26 Å². The predicted molar refractivity (Wildman–Crippen MR) is 141 cm³/mol. The maximum Gasteiger partial charge on any atom is 0.339 e. The van der Waals surface area contributed by atoms with E-state index in [1.54, 1.807) is 42.5 Å². The lowest BCUT2D eigenvalue weighted by atomic mass is 10.1. The number of hydrogen-bond acceptors (Lipinski definition) is 6. The third-order valence-electron chi connectivity index (χ3n) is 4.53. The van der Waals surface area contributed by atoms with Crippen molar-refractivity contribution in [3.8, 4) is 17.6 Å². The van der Waals surface area contributed by atoms with Gasteiger partial charge in [-0.25, -0.2) is 0 Å². The van der Waals surface area contributed by atoms with Crippen LogP contribution in [0.25, 0.3) is 6.08 Å². The molecule has 0 atom stereocenters. The van der Waals surface area contributed by atoms with Gasteiger partial charge in [-0.2, -0.15) is 13.7 Å². The monoisotopic (exact) mass is 652 g/mol. The number of halogens is 2. The Kier molecular flexibility index (Phi) is 8.35. The standard InChI is InChI=1S/C24H18BrIN2O5S/c1-15-3-9-20(10-4-15)34(30,31)33-23-21(26)12-16(13-22(23)32-2)11-17(14-27)24(29)28-19-7-5-18(25)6-8-19/h3-13H,1-2H3,(H,28,29)/b17-11+. The smallest absolute Gasteiger partial charge is 0.339 e. The van der Waals surface area contributed by atoms with Gasteiger partial charge in [-0.3, -0.25) is 4.79 Å². The van der Waals surface area contributed by atoms with E-state index in [-0.39, 0.29) is 22.0 Å². The van der Waals surface area contributed by atoms with Crippen molar-refractivity contribution in [3.05, 3.63) is 85.4 Å². The highest BCUT2D eigenvalue weighted by atomic mass is 127. The molecule has 0 fully saturated rings. The molecule has 7 nitrogen and oxygen atoms in total. The summed E-state index contributed by atoms with van der Waals surface area (Å²) >= 11 is 5.23. The van der Waals surface area contributed by atoms with Crippen molar-refractivity contribution in [2.24, 2.45) is 0 Å². The molecule has 0 aromatic heterocycles. The number of nitriles is 1. The number of nitrogens with one attached hydrogen (secondary N) is 1. The maximum absolute atomic E-state index is 12.7. The van der Waals surface area contributed by atoms with E-state index >= 15 is 0 Å². The fraction of sp³-hybridized carbons (Fsp3) is 0.0833. The van der Waals surface area contributed by atoms with Gasteiger partial charge in [-0.05, 0) is 89.7 Å². The molecule has 3 rings (SSSR count). The Balaban J connectivity index is 1.90. The maximum atomic E-state index is 12.7. The zero-order valence-electron chi connectivity index (χ0n) is 18.0. The Labute approximate surface area is 219 Å². The van der Waals surface area contributed by atoms with Crippen LogP contribution in [0.5, 0.6) is 11.5 Å². The van der Waals surface area contributed by atoms with Crippen LogP contribution in [0, 0.1) is 21.8 Å². The van der Waals surface area contributed by atoms with Crippen LogP contribution in [0.15, 0.2) is 75.6 Å². The summed E-state index contributed by atoms with van der Waals surface area (Å²) in [6.45, 7) is 1.85. The lowest BCUT2D eigenvalue weighted by molar-refractivity contribution is -0.112. The van der Waals surface area contributed by atoms with E-state index in [1.165, 1.54) is 31.4 Å². The summed E-state index contributed by atoms with van der Waals surface area (Å²) in [7, 11) is -2.73. The van der Waals surface area contributed by atoms with E-state index < -0.39 is 16.0 Å². The molecular weight excluding hydrogens is 635 g/mol. The summed E-state index contributed by atoms with van der Waals surface area (Å²) in [6, 6.07) is 18.2. The number of rotatable bonds is 7. The molecular formula is C24H18BrIN2O5S. The number of methoxy groups -OCH3 is 1. The highest BCUT2D eigenvalue weighted by Crippen LogP contribution is 2.36. The van der Waals surface area contributed by atoms with Gasteiger partial charge in [0.1, 0.15) is 16.5 Å². The number of anilines is 1. The van der Waals surface area contributed by atoms with E-state index in [1.807, 2.05) is 35.6 Å². The summed E-state index contributed by atoms with van der Waals surface area (Å²) < 4.78 is 37.5. The molecule has 0 radical (unpaired) electrons. The largest absolute Gasteiger partial charge is 0.493 e. The molecule has 10 heteroatoms. The number of nitrogens with zero attached hydrogens (tertiary/aromatic N) is 1. The summed E-state index contributed by atoms with van der Waals surface area (Å²) in [5.74, 6) is -0.431. The van der Waals surface area contributed by atoms with Gasteiger partial charge in [-0.15, -0.1) is 0 Å². The molecule has 3 aromatic carbocycles. The molecule has 0 aliphatic carbocycles. The minimum Gasteiger partial charge on any atom is -0.493 e. The number of aryl methyl sites for hydroxylation is 1. The van der Waals surface area contributed by atoms with Gasteiger partial charge in [0.25, 0.3) is 5.91 Å². The second-order valence-electron chi connectivity index (χ2n) is 7.02. The van der Waals surface area contributed by atoms with E-state index in [0.717, 1.165) is 10.0 Å². The van der Waals surface area contributed by atoms with Crippen molar-refractivity contribution < 1.29 is 22.1 Å². The summed E-state index contributed by atoms with van der Waals surface area (Å²) in [6.07, 6.45) is 1.39. The van der Waals surface area contributed by atoms with Gasteiger partial charge >= 0.3 is 10.1 Å². The first kappa shape index (κ1) is 25.7. The van der Waals surface area contributed by atoms with Gasteiger partial charge in [0, 0.05) is 10.2 Å². The molecule has 0 aliphatic rings. The van der Waals surface area contributed by atoms with Crippen molar-refractivity contribution in [3.63, 3.8) is 0 Å². The van der Waals surface area contributed by atoms with Gasteiger partial charge < -0.3 is 14.2 Å². The van der Waals surface area contributed by atoms with E-state index in [0.29, 0.717) is 14.8 Å². The lowest BCUT2D eigenvalue weighted by Gasteiger charge is -2.14. The molecule has 3 aromatic rings. The molecule has 1 N–H and O–H groups in total. The van der Waals surface area contributed by atoms with Crippen LogP contribution < -0.4 is 14.2 Å². The first-order valence-corrected chi connectivity index (χ1v) is 13.0. The molecule has 0 bridgehead atoms. The lowest BCUT2D eigenvalue weighted by Crippen LogP contribution is -2.13. The van der Waals surface area contributed by atoms with Crippen LogP contribution in [0.3, 0.4) is 0 Å². The average molecular weight is 653 g/mol. The number of amides is 1. The third kappa shape index (κ3) is 6.37. The molecule has 0 saturated heterocycles. The Morgan fingerprint density at radius 2 is 1.76 bits per heavy atom. The fourth-order valence-electron chi connectivity index (χ4n) is 2.81. The van der Waals surface area contributed by atoms with Crippen LogP contribution in [-0.4, -0.2) is 21.4 Å². The molecule has 34 heavy (non-hydrogen) atoms. The molecule has 0 spiro atoms. The second-order valence-corrected chi connectivity index (χ2v) is 10.6. The minimum absolute atomic E-state index is 0.0105. The van der Waals surface area contributed by atoms with E-state index in [2.05, 4.69) is 21.2 Å². The van der Waals surface area contributed by atoms with Crippen molar-refractivity contribution in [2.45, 2.75) is 11.8 Å². The highest BCUT2D eigenvalue weighted by molar-refractivity contribution is 14.1. The first-order chi connectivity index (χ1) is 16.1. The van der Waals surface area contributed by atoms with Gasteiger partial charge in [-0.1, -0.05) is 33.6 Å². The van der Waals surface area contributed by atoms with Crippen LogP contribution in [-0.2, 0) is 14.9 Å². The Morgan fingerprint density at radius 1 is 1.12 bits per heavy atom. The number of benzene rings is 3. The van der Waals surface area contributed by atoms with E-state index in [9.17, 15) is 18.5 Å². The van der Waals surface area contributed by atoms with E-state index in [4.69, 9.17) is 8.92 Å². The van der Waals surface area contributed by atoms with Crippen LogP contribution in [0.4, 0.5) is 5.69 Å². The molecule has 0 heterocycles.